The third-order valence-electron chi connectivity index (χ3n) is 4.39. The van der Waals surface area contributed by atoms with Crippen LogP contribution in [0.5, 0.6) is 17.2 Å². The summed E-state index contributed by atoms with van der Waals surface area (Å²) in [5, 5.41) is 6.10. The SMILES string of the molecule is CCOc1ccc(CC2NNC(Nc3cc(OC)ccc3OC)NC2=O)cc1. The van der Waals surface area contributed by atoms with E-state index in [2.05, 4.69) is 21.5 Å². The van der Waals surface area contributed by atoms with Crippen molar-refractivity contribution in [3.05, 3.63) is 48.0 Å². The van der Waals surface area contributed by atoms with Crippen LogP contribution in [0.25, 0.3) is 0 Å². The summed E-state index contributed by atoms with van der Waals surface area (Å²) >= 11 is 0. The van der Waals surface area contributed by atoms with E-state index in [0.29, 0.717) is 30.2 Å². The average Bonchev–Trinajstić information content (AvgIpc) is 2.71. The molecule has 1 heterocycles. The van der Waals surface area contributed by atoms with Crippen LogP contribution < -0.4 is 35.7 Å². The molecule has 3 rings (SSSR count). The lowest BCUT2D eigenvalue weighted by Gasteiger charge is -2.32. The Morgan fingerprint density at radius 3 is 2.39 bits per heavy atom. The second-order valence-electron chi connectivity index (χ2n) is 6.27. The number of carbonyl (C=O) groups excluding carboxylic acids is 1. The van der Waals surface area contributed by atoms with Crippen molar-refractivity contribution in [2.75, 3.05) is 26.1 Å². The first-order chi connectivity index (χ1) is 13.6. The zero-order chi connectivity index (χ0) is 19.9. The van der Waals surface area contributed by atoms with Crippen molar-refractivity contribution < 1.29 is 19.0 Å². The van der Waals surface area contributed by atoms with E-state index < -0.39 is 6.29 Å². The van der Waals surface area contributed by atoms with Crippen LogP contribution in [0.15, 0.2) is 42.5 Å². The highest BCUT2D eigenvalue weighted by Gasteiger charge is 2.27. The van der Waals surface area contributed by atoms with Gasteiger partial charge in [-0.1, -0.05) is 12.1 Å². The maximum Gasteiger partial charge on any atom is 0.241 e. The smallest absolute Gasteiger partial charge is 0.241 e. The number of anilines is 1. The van der Waals surface area contributed by atoms with Crippen molar-refractivity contribution in [1.82, 2.24) is 16.2 Å². The van der Waals surface area contributed by atoms with Gasteiger partial charge in [-0.2, -0.15) is 0 Å². The molecule has 8 nitrogen and oxygen atoms in total. The summed E-state index contributed by atoms with van der Waals surface area (Å²) in [6.45, 7) is 2.57. The van der Waals surface area contributed by atoms with Crippen LogP contribution in [0.3, 0.4) is 0 Å². The molecule has 0 bridgehead atoms. The van der Waals surface area contributed by atoms with Gasteiger partial charge in [-0.25, -0.2) is 10.9 Å². The van der Waals surface area contributed by atoms with E-state index in [1.54, 1.807) is 26.4 Å². The van der Waals surface area contributed by atoms with E-state index in [4.69, 9.17) is 14.2 Å². The first kappa shape index (κ1) is 19.8. The van der Waals surface area contributed by atoms with Gasteiger partial charge in [-0.05, 0) is 43.2 Å². The fraction of sp³-hybridized carbons (Fsp3) is 0.350. The fourth-order valence-electron chi connectivity index (χ4n) is 2.95. The molecular formula is C20H26N4O4. The van der Waals surface area contributed by atoms with Crippen LogP contribution in [0.4, 0.5) is 5.69 Å². The number of rotatable bonds is 8. The van der Waals surface area contributed by atoms with E-state index in [9.17, 15) is 4.79 Å². The molecule has 0 radical (unpaired) electrons. The van der Waals surface area contributed by atoms with E-state index >= 15 is 0 Å². The van der Waals surface area contributed by atoms with Gasteiger partial charge in [0.2, 0.25) is 5.91 Å². The Balaban J connectivity index is 1.58. The number of nitrogens with one attached hydrogen (secondary N) is 4. The minimum atomic E-state index is -0.495. The van der Waals surface area contributed by atoms with Crippen molar-refractivity contribution in [3.8, 4) is 17.2 Å². The topological polar surface area (TPSA) is 92.9 Å². The number of carbonyl (C=O) groups is 1. The Bertz CT molecular complexity index is 797. The van der Waals surface area contributed by atoms with Gasteiger partial charge in [0.05, 0.1) is 26.5 Å². The zero-order valence-corrected chi connectivity index (χ0v) is 16.2. The van der Waals surface area contributed by atoms with Crippen LogP contribution in [0.1, 0.15) is 12.5 Å². The highest BCUT2D eigenvalue weighted by molar-refractivity contribution is 5.83. The molecule has 0 saturated carbocycles. The lowest BCUT2D eigenvalue weighted by molar-refractivity contribution is -0.126. The van der Waals surface area contributed by atoms with Crippen molar-refractivity contribution in [2.24, 2.45) is 0 Å². The minimum Gasteiger partial charge on any atom is -0.497 e. The molecule has 1 fully saturated rings. The molecule has 1 saturated heterocycles. The number of hydrazine groups is 1. The standard InChI is InChI=1S/C20H26N4O4/c1-4-28-14-7-5-13(6-8-14)11-17-19(25)22-20(24-23-17)21-16-12-15(26-2)9-10-18(16)27-3/h5-10,12,17,20-21,23-24H,4,11H2,1-3H3,(H,22,25). The Labute approximate surface area is 164 Å². The summed E-state index contributed by atoms with van der Waals surface area (Å²) in [6, 6.07) is 12.8. The number of benzene rings is 2. The molecule has 1 aliphatic rings. The van der Waals surface area contributed by atoms with Crippen molar-refractivity contribution >= 4 is 11.6 Å². The van der Waals surface area contributed by atoms with Crippen molar-refractivity contribution in [2.45, 2.75) is 25.7 Å². The molecule has 8 heteroatoms. The van der Waals surface area contributed by atoms with Crippen LogP contribution in [-0.4, -0.2) is 39.1 Å². The predicted molar refractivity (Wildman–Crippen MR) is 106 cm³/mol. The summed E-state index contributed by atoms with van der Waals surface area (Å²) < 4.78 is 16.0. The monoisotopic (exact) mass is 386 g/mol. The first-order valence-electron chi connectivity index (χ1n) is 9.14. The maximum absolute atomic E-state index is 12.5. The second-order valence-corrected chi connectivity index (χ2v) is 6.27. The number of ether oxygens (including phenoxy) is 3. The quantitative estimate of drug-likeness (QED) is 0.548. The molecule has 1 amide bonds. The lowest BCUT2D eigenvalue weighted by Crippen LogP contribution is -2.68. The number of amides is 1. The summed E-state index contributed by atoms with van der Waals surface area (Å²) in [5.74, 6) is 2.05. The molecule has 4 N–H and O–H groups in total. The number of hydrogen-bond acceptors (Lipinski definition) is 7. The Morgan fingerprint density at radius 2 is 1.75 bits per heavy atom. The summed E-state index contributed by atoms with van der Waals surface area (Å²) in [7, 11) is 3.18. The molecule has 0 spiro atoms. The van der Waals surface area contributed by atoms with Crippen molar-refractivity contribution in [1.29, 1.82) is 0 Å². The molecule has 1 aliphatic heterocycles. The third-order valence-corrected chi connectivity index (χ3v) is 4.39. The van der Waals surface area contributed by atoms with Crippen molar-refractivity contribution in [3.63, 3.8) is 0 Å². The van der Waals surface area contributed by atoms with Crippen LogP contribution in [0.2, 0.25) is 0 Å². The molecule has 0 aromatic heterocycles. The molecule has 150 valence electrons. The fourth-order valence-corrected chi connectivity index (χ4v) is 2.95. The first-order valence-corrected chi connectivity index (χ1v) is 9.14. The molecule has 0 aliphatic carbocycles. The average molecular weight is 386 g/mol. The van der Waals surface area contributed by atoms with Crippen LogP contribution in [0, 0.1) is 0 Å². The molecule has 2 aromatic rings. The zero-order valence-electron chi connectivity index (χ0n) is 16.2. The molecule has 28 heavy (non-hydrogen) atoms. The van der Waals surface area contributed by atoms with Gasteiger partial charge in [0, 0.05) is 6.07 Å². The van der Waals surface area contributed by atoms with Crippen LogP contribution >= 0.6 is 0 Å². The Hall–Kier alpha value is -2.97. The minimum absolute atomic E-state index is 0.105. The molecule has 2 unspecified atom stereocenters. The van der Waals surface area contributed by atoms with Gasteiger partial charge in [0.25, 0.3) is 0 Å². The normalized spacial score (nSPS) is 18.9. The maximum atomic E-state index is 12.5. The largest absolute Gasteiger partial charge is 0.497 e. The van der Waals surface area contributed by atoms with E-state index in [-0.39, 0.29) is 11.9 Å². The number of hydrogen-bond donors (Lipinski definition) is 4. The highest BCUT2D eigenvalue weighted by atomic mass is 16.5. The highest BCUT2D eigenvalue weighted by Crippen LogP contribution is 2.29. The lowest BCUT2D eigenvalue weighted by atomic mass is 10.1. The summed E-state index contributed by atoms with van der Waals surface area (Å²) in [5.41, 5.74) is 7.88. The van der Waals surface area contributed by atoms with Crippen LogP contribution in [-0.2, 0) is 11.2 Å². The predicted octanol–water partition coefficient (Wildman–Crippen LogP) is 1.63. The van der Waals surface area contributed by atoms with Gasteiger partial charge >= 0.3 is 0 Å². The Morgan fingerprint density at radius 1 is 1.00 bits per heavy atom. The van der Waals surface area contributed by atoms with E-state index in [1.807, 2.05) is 37.3 Å². The van der Waals surface area contributed by atoms with E-state index in [0.717, 1.165) is 11.3 Å². The van der Waals surface area contributed by atoms with E-state index in [1.165, 1.54) is 0 Å². The number of methoxy groups -OCH3 is 2. The van der Waals surface area contributed by atoms with Gasteiger partial charge in [-0.15, -0.1) is 0 Å². The summed E-state index contributed by atoms with van der Waals surface area (Å²) in [4.78, 5) is 12.5. The van der Waals surface area contributed by atoms with Gasteiger partial charge in [0.15, 0.2) is 6.29 Å². The third kappa shape index (κ3) is 4.85. The second kappa shape index (κ2) is 9.29. The molecule has 2 aromatic carbocycles. The van der Waals surface area contributed by atoms with Gasteiger partial charge in [0.1, 0.15) is 23.3 Å². The summed E-state index contributed by atoms with van der Waals surface area (Å²) in [6.07, 6.45) is 0.0607. The molecule has 2 atom stereocenters. The van der Waals surface area contributed by atoms with Gasteiger partial charge < -0.3 is 24.8 Å². The van der Waals surface area contributed by atoms with Gasteiger partial charge in [-0.3, -0.25) is 4.79 Å². The Kier molecular flexibility index (Phi) is 6.57. The molecular weight excluding hydrogens is 360 g/mol.